The SMILES string of the molecule is CCOc1ccc(-n2nc3c(N(C)Cc4ccon4)nnc(C)c3c2C)c(F)c1. The van der Waals surface area contributed by atoms with Crippen LogP contribution in [0.15, 0.2) is 35.1 Å². The molecule has 0 saturated carbocycles. The lowest BCUT2D eigenvalue weighted by Gasteiger charge is -2.16. The third-order valence-electron chi connectivity index (χ3n) is 4.69. The van der Waals surface area contributed by atoms with E-state index in [1.165, 1.54) is 12.3 Å². The van der Waals surface area contributed by atoms with Gasteiger partial charge in [-0.2, -0.15) is 10.2 Å². The van der Waals surface area contributed by atoms with Crippen molar-refractivity contribution in [1.82, 2.24) is 25.1 Å². The van der Waals surface area contributed by atoms with Crippen LogP contribution in [0.3, 0.4) is 0 Å². The largest absolute Gasteiger partial charge is 0.494 e. The van der Waals surface area contributed by atoms with E-state index in [1.54, 1.807) is 22.9 Å². The Morgan fingerprint density at radius 1 is 1.21 bits per heavy atom. The van der Waals surface area contributed by atoms with E-state index in [-0.39, 0.29) is 0 Å². The van der Waals surface area contributed by atoms with Crippen LogP contribution in [0.2, 0.25) is 0 Å². The first-order chi connectivity index (χ1) is 14.0. The van der Waals surface area contributed by atoms with Gasteiger partial charge in [-0.3, -0.25) is 0 Å². The fourth-order valence-electron chi connectivity index (χ4n) is 3.36. The summed E-state index contributed by atoms with van der Waals surface area (Å²) in [5.41, 5.74) is 3.26. The lowest BCUT2D eigenvalue weighted by Crippen LogP contribution is -2.19. The highest BCUT2D eigenvalue weighted by atomic mass is 19.1. The number of benzene rings is 1. The molecule has 3 aromatic heterocycles. The summed E-state index contributed by atoms with van der Waals surface area (Å²) in [6.45, 7) is 6.57. The minimum atomic E-state index is -0.414. The van der Waals surface area contributed by atoms with Gasteiger partial charge in [0.1, 0.15) is 28.9 Å². The predicted octanol–water partition coefficient (Wildman–Crippen LogP) is 3.59. The zero-order valence-corrected chi connectivity index (χ0v) is 16.7. The van der Waals surface area contributed by atoms with Crippen molar-refractivity contribution >= 4 is 16.7 Å². The quantitative estimate of drug-likeness (QED) is 0.492. The summed E-state index contributed by atoms with van der Waals surface area (Å²) in [6.07, 6.45) is 1.52. The van der Waals surface area contributed by atoms with Gasteiger partial charge in [-0.05, 0) is 32.9 Å². The van der Waals surface area contributed by atoms with Crippen LogP contribution < -0.4 is 9.64 Å². The molecule has 4 aromatic rings. The van der Waals surface area contributed by atoms with E-state index in [4.69, 9.17) is 9.26 Å². The van der Waals surface area contributed by atoms with Crippen LogP contribution >= 0.6 is 0 Å². The molecule has 0 atom stereocenters. The minimum absolute atomic E-state index is 0.339. The third kappa shape index (κ3) is 3.39. The van der Waals surface area contributed by atoms with Gasteiger partial charge in [0.15, 0.2) is 11.6 Å². The number of ether oxygens (including phenoxy) is 1. The molecule has 0 spiro atoms. The Morgan fingerprint density at radius 3 is 2.72 bits per heavy atom. The van der Waals surface area contributed by atoms with Crippen LogP contribution in [0.5, 0.6) is 5.75 Å². The van der Waals surface area contributed by atoms with Gasteiger partial charge in [0.25, 0.3) is 0 Å². The van der Waals surface area contributed by atoms with E-state index in [2.05, 4.69) is 20.5 Å². The van der Waals surface area contributed by atoms with Gasteiger partial charge in [-0.15, -0.1) is 5.10 Å². The second-order valence-corrected chi connectivity index (χ2v) is 6.72. The van der Waals surface area contributed by atoms with Crippen molar-refractivity contribution < 1.29 is 13.7 Å². The highest BCUT2D eigenvalue weighted by molar-refractivity contribution is 5.92. The van der Waals surface area contributed by atoms with Crippen molar-refractivity contribution in [3.05, 3.63) is 53.4 Å². The summed E-state index contributed by atoms with van der Waals surface area (Å²) < 4.78 is 26.6. The summed E-state index contributed by atoms with van der Waals surface area (Å²) in [5, 5.41) is 18.1. The van der Waals surface area contributed by atoms with Crippen LogP contribution in [0.4, 0.5) is 10.2 Å². The van der Waals surface area contributed by atoms with E-state index in [1.807, 2.05) is 32.7 Å². The fourth-order valence-corrected chi connectivity index (χ4v) is 3.36. The standard InChI is InChI=1S/C20H21FN6O2/c1-5-28-15-6-7-17(16(21)10-15)27-13(3)18-12(2)22-23-20(19(18)24-27)26(4)11-14-8-9-29-25-14/h6-10H,5,11H2,1-4H3. The van der Waals surface area contributed by atoms with E-state index >= 15 is 0 Å². The van der Waals surface area contributed by atoms with Gasteiger partial charge >= 0.3 is 0 Å². The van der Waals surface area contributed by atoms with E-state index in [9.17, 15) is 4.39 Å². The number of fused-ring (bicyclic) bond motifs is 1. The molecule has 0 aliphatic carbocycles. The highest BCUT2D eigenvalue weighted by Gasteiger charge is 2.21. The molecule has 0 fully saturated rings. The maximum Gasteiger partial charge on any atom is 0.179 e. The Kier molecular flexibility index (Phi) is 4.87. The van der Waals surface area contributed by atoms with Crippen molar-refractivity contribution in [2.24, 2.45) is 0 Å². The average Bonchev–Trinajstić information content (AvgIpc) is 3.31. The number of aromatic nitrogens is 5. The smallest absolute Gasteiger partial charge is 0.179 e. The summed E-state index contributed by atoms with van der Waals surface area (Å²) in [5.74, 6) is 0.653. The topological polar surface area (TPSA) is 82.1 Å². The number of rotatable bonds is 6. The monoisotopic (exact) mass is 396 g/mol. The lowest BCUT2D eigenvalue weighted by atomic mass is 10.2. The number of nitrogens with zero attached hydrogens (tertiary/aromatic N) is 6. The second-order valence-electron chi connectivity index (χ2n) is 6.72. The van der Waals surface area contributed by atoms with Crippen LogP contribution in [0.1, 0.15) is 24.0 Å². The summed E-state index contributed by atoms with van der Waals surface area (Å²) in [4.78, 5) is 1.89. The van der Waals surface area contributed by atoms with Crippen LogP contribution in [-0.4, -0.2) is 38.8 Å². The Hall–Kier alpha value is -3.49. The molecule has 29 heavy (non-hydrogen) atoms. The van der Waals surface area contributed by atoms with Crippen LogP contribution in [-0.2, 0) is 6.54 Å². The van der Waals surface area contributed by atoms with Crippen molar-refractivity contribution in [3.63, 3.8) is 0 Å². The average molecular weight is 396 g/mol. The molecule has 0 saturated heterocycles. The number of anilines is 1. The van der Waals surface area contributed by atoms with Gasteiger partial charge in [0.2, 0.25) is 0 Å². The first kappa shape index (κ1) is 18.9. The molecule has 0 aliphatic rings. The van der Waals surface area contributed by atoms with Crippen molar-refractivity contribution in [1.29, 1.82) is 0 Å². The Balaban J connectivity index is 1.81. The van der Waals surface area contributed by atoms with Gasteiger partial charge in [0.05, 0.1) is 29.9 Å². The molecule has 8 nitrogen and oxygen atoms in total. The number of hydrogen-bond acceptors (Lipinski definition) is 7. The molecule has 1 aromatic carbocycles. The van der Waals surface area contributed by atoms with Gasteiger partial charge in [-0.1, -0.05) is 5.16 Å². The second kappa shape index (κ2) is 7.50. The third-order valence-corrected chi connectivity index (χ3v) is 4.69. The number of hydrogen-bond donors (Lipinski definition) is 0. The molecule has 0 amide bonds. The maximum atomic E-state index is 14.8. The minimum Gasteiger partial charge on any atom is -0.494 e. The van der Waals surface area contributed by atoms with Gasteiger partial charge in [0, 0.05) is 19.2 Å². The van der Waals surface area contributed by atoms with E-state index in [0.717, 1.165) is 22.5 Å². The first-order valence-corrected chi connectivity index (χ1v) is 9.25. The first-order valence-electron chi connectivity index (χ1n) is 9.25. The zero-order chi connectivity index (χ0) is 20.5. The Morgan fingerprint density at radius 2 is 2.03 bits per heavy atom. The molecule has 3 heterocycles. The zero-order valence-electron chi connectivity index (χ0n) is 16.7. The summed E-state index contributed by atoms with van der Waals surface area (Å²) in [7, 11) is 1.87. The molecular formula is C20H21FN6O2. The lowest BCUT2D eigenvalue weighted by molar-refractivity contribution is 0.338. The van der Waals surface area contributed by atoms with Gasteiger partial charge < -0.3 is 14.2 Å². The predicted molar refractivity (Wildman–Crippen MR) is 106 cm³/mol. The Bertz CT molecular complexity index is 1160. The number of halogens is 1. The molecule has 0 N–H and O–H groups in total. The maximum absolute atomic E-state index is 14.8. The molecule has 9 heteroatoms. The Labute approximate surface area is 166 Å². The molecular weight excluding hydrogens is 375 g/mol. The molecule has 0 bridgehead atoms. The summed E-state index contributed by atoms with van der Waals surface area (Å²) >= 11 is 0. The molecule has 150 valence electrons. The molecule has 4 rings (SSSR count). The highest BCUT2D eigenvalue weighted by Crippen LogP contribution is 2.30. The van der Waals surface area contributed by atoms with Crippen molar-refractivity contribution in [2.75, 3.05) is 18.6 Å². The van der Waals surface area contributed by atoms with Crippen LogP contribution in [0, 0.1) is 19.7 Å². The van der Waals surface area contributed by atoms with E-state index < -0.39 is 5.82 Å². The fraction of sp³-hybridized carbons (Fsp3) is 0.300. The normalized spacial score (nSPS) is 11.2. The molecule has 0 unspecified atom stereocenters. The molecule has 0 radical (unpaired) electrons. The summed E-state index contributed by atoms with van der Waals surface area (Å²) in [6, 6.07) is 6.54. The molecule has 0 aliphatic heterocycles. The van der Waals surface area contributed by atoms with Crippen molar-refractivity contribution in [3.8, 4) is 11.4 Å². The van der Waals surface area contributed by atoms with E-state index in [0.29, 0.717) is 35.9 Å². The van der Waals surface area contributed by atoms with Crippen LogP contribution in [0.25, 0.3) is 16.6 Å². The van der Waals surface area contributed by atoms with Crippen molar-refractivity contribution in [2.45, 2.75) is 27.3 Å². The number of aryl methyl sites for hydroxylation is 2. The van der Waals surface area contributed by atoms with Gasteiger partial charge in [-0.25, -0.2) is 9.07 Å².